The molecule has 1 aliphatic carbocycles. The molecule has 0 aromatic heterocycles. The number of oxime groups is 1. The number of nitrogens with zero attached hydrogens (tertiary/aromatic N) is 3. The van der Waals surface area contributed by atoms with Gasteiger partial charge < -0.3 is 14.5 Å². The number of carbonyl (C=O) groups excluding carboxylic acids is 1. The van der Waals surface area contributed by atoms with Crippen molar-refractivity contribution in [3.63, 3.8) is 0 Å². The number of benzene rings is 2. The summed E-state index contributed by atoms with van der Waals surface area (Å²) in [5.41, 5.74) is 2.76. The second-order valence-corrected chi connectivity index (χ2v) is 8.66. The molecule has 1 saturated heterocycles. The maximum Gasteiger partial charge on any atom is 0.416 e. The van der Waals surface area contributed by atoms with Crippen LogP contribution in [-0.4, -0.2) is 61.3 Å². The predicted molar refractivity (Wildman–Crippen MR) is 122 cm³/mol. The molecule has 0 amide bonds. The zero-order valence-electron chi connectivity index (χ0n) is 19.1. The highest BCUT2D eigenvalue weighted by molar-refractivity contribution is 6.02. The minimum Gasteiger partial charge on any atom is -0.468 e. The number of alkyl halides is 3. The standard InChI is InChI=1S/C25H28F3N3O3/c1-30-11-13-31(14-12-30)24(16-32)34-21-9-10-22-19(15-21)3-2-4-23(22)29-33-17-18-5-7-20(8-6-18)25(26,27)28/h5-10,15-16,24H,2-4,11-14,17H2,1H3. The third kappa shape index (κ3) is 5.95. The highest BCUT2D eigenvalue weighted by atomic mass is 19.4. The van der Waals surface area contributed by atoms with E-state index in [1.54, 1.807) is 0 Å². The fraction of sp³-hybridized carbons (Fsp3) is 0.440. The van der Waals surface area contributed by atoms with E-state index in [4.69, 9.17) is 9.57 Å². The number of halogens is 3. The van der Waals surface area contributed by atoms with Crippen molar-refractivity contribution in [2.45, 2.75) is 38.3 Å². The Morgan fingerprint density at radius 2 is 1.79 bits per heavy atom. The topological polar surface area (TPSA) is 54.4 Å². The Balaban J connectivity index is 1.39. The molecule has 182 valence electrons. The maximum atomic E-state index is 12.7. The third-order valence-electron chi connectivity index (χ3n) is 6.21. The van der Waals surface area contributed by atoms with Crippen molar-refractivity contribution in [2.24, 2.45) is 5.16 Å². The Morgan fingerprint density at radius 1 is 1.06 bits per heavy atom. The number of rotatable bonds is 7. The number of ether oxygens (including phenoxy) is 1. The summed E-state index contributed by atoms with van der Waals surface area (Å²) in [7, 11) is 2.06. The van der Waals surface area contributed by atoms with Crippen molar-refractivity contribution >= 4 is 12.0 Å². The monoisotopic (exact) mass is 475 g/mol. The van der Waals surface area contributed by atoms with Gasteiger partial charge in [0.1, 0.15) is 12.4 Å². The molecule has 1 heterocycles. The van der Waals surface area contributed by atoms with Crippen molar-refractivity contribution in [2.75, 3.05) is 33.2 Å². The molecule has 1 unspecified atom stereocenters. The molecule has 0 N–H and O–H groups in total. The summed E-state index contributed by atoms with van der Waals surface area (Å²) < 4.78 is 44.1. The molecule has 4 rings (SSSR count). The summed E-state index contributed by atoms with van der Waals surface area (Å²) in [5, 5.41) is 4.26. The average Bonchev–Trinajstić information content (AvgIpc) is 2.83. The van der Waals surface area contributed by atoms with Crippen molar-refractivity contribution < 1.29 is 27.5 Å². The lowest BCUT2D eigenvalue weighted by atomic mass is 9.90. The minimum atomic E-state index is -4.36. The molecule has 0 saturated carbocycles. The van der Waals surface area contributed by atoms with Gasteiger partial charge in [-0.3, -0.25) is 9.69 Å². The number of carbonyl (C=O) groups is 1. The molecule has 9 heteroatoms. The molecule has 0 radical (unpaired) electrons. The molecule has 1 atom stereocenters. The summed E-state index contributed by atoms with van der Waals surface area (Å²) in [5.74, 6) is 0.640. The van der Waals surface area contributed by atoms with E-state index in [1.165, 1.54) is 12.1 Å². The highest BCUT2D eigenvalue weighted by Crippen LogP contribution is 2.30. The van der Waals surface area contributed by atoms with Gasteiger partial charge in [-0.2, -0.15) is 13.2 Å². The average molecular weight is 476 g/mol. The first-order chi connectivity index (χ1) is 16.3. The van der Waals surface area contributed by atoms with Crippen LogP contribution in [0.2, 0.25) is 0 Å². The fourth-order valence-corrected chi connectivity index (χ4v) is 4.19. The van der Waals surface area contributed by atoms with E-state index in [0.29, 0.717) is 11.3 Å². The maximum absolute atomic E-state index is 12.7. The molecule has 2 aromatic rings. The van der Waals surface area contributed by atoms with Crippen LogP contribution < -0.4 is 4.74 Å². The Hall–Kier alpha value is -2.91. The van der Waals surface area contributed by atoms with Gasteiger partial charge in [-0.05, 0) is 67.8 Å². The number of likely N-dealkylation sites (N-methyl/N-ethyl adjacent to an activating group) is 1. The van der Waals surface area contributed by atoms with Crippen LogP contribution in [0.25, 0.3) is 0 Å². The van der Waals surface area contributed by atoms with Gasteiger partial charge in [0.2, 0.25) is 6.23 Å². The summed E-state index contributed by atoms with van der Waals surface area (Å²) in [6.45, 7) is 3.43. The lowest BCUT2D eigenvalue weighted by molar-refractivity contribution is -0.137. The molecule has 0 bridgehead atoms. The summed E-state index contributed by atoms with van der Waals surface area (Å²) in [6.07, 6.45) is -1.62. The van der Waals surface area contributed by atoms with Crippen LogP contribution in [0.4, 0.5) is 13.2 Å². The first-order valence-electron chi connectivity index (χ1n) is 11.4. The van der Waals surface area contributed by atoms with Gasteiger partial charge in [0.25, 0.3) is 0 Å². The smallest absolute Gasteiger partial charge is 0.416 e. The first kappa shape index (κ1) is 24.2. The lowest BCUT2D eigenvalue weighted by Crippen LogP contribution is -2.51. The van der Waals surface area contributed by atoms with E-state index >= 15 is 0 Å². The Morgan fingerprint density at radius 3 is 2.47 bits per heavy atom. The number of aryl methyl sites for hydroxylation is 1. The molecule has 0 spiro atoms. The second kappa shape index (κ2) is 10.6. The van der Waals surface area contributed by atoms with Gasteiger partial charge in [-0.1, -0.05) is 17.3 Å². The van der Waals surface area contributed by atoms with E-state index < -0.39 is 18.0 Å². The zero-order chi connectivity index (χ0) is 24.1. The quantitative estimate of drug-likeness (QED) is 0.446. The van der Waals surface area contributed by atoms with Crippen molar-refractivity contribution in [1.29, 1.82) is 0 Å². The molecule has 1 aliphatic heterocycles. The van der Waals surface area contributed by atoms with E-state index in [-0.39, 0.29) is 6.61 Å². The molecule has 6 nitrogen and oxygen atoms in total. The Bertz CT molecular complexity index is 1020. The number of aldehydes is 1. The van der Waals surface area contributed by atoms with E-state index in [2.05, 4.69) is 17.1 Å². The Labute approximate surface area is 196 Å². The zero-order valence-corrected chi connectivity index (χ0v) is 19.1. The van der Waals surface area contributed by atoms with E-state index in [1.807, 2.05) is 23.1 Å². The minimum absolute atomic E-state index is 0.0875. The van der Waals surface area contributed by atoms with Gasteiger partial charge in [0, 0.05) is 31.7 Å². The van der Waals surface area contributed by atoms with Crippen LogP contribution in [0.15, 0.2) is 47.6 Å². The van der Waals surface area contributed by atoms with Gasteiger partial charge in [-0.15, -0.1) is 0 Å². The van der Waals surface area contributed by atoms with Crippen LogP contribution in [0, 0.1) is 0 Å². The third-order valence-corrected chi connectivity index (χ3v) is 6.21. The fourth-order valence-electron chi connectivity index (χ4n) is 4.19. The van der Waals surface area contributed by atoms with Gasteiger partial charge in [0.15, 0.2) is 6.29 Å². The summed E-state index contributed by atoms with van der Waals surface area (Å²) in [4.78, 5) is 21.4. The van der Waals surface area contributed by atoms with Crippen LogP contribution in [0.3, 0.4) is 0 Å². The molecule has 2 aromatic carbocycles. The lowest BCUT2D eigenvalue weighted by Gasteiger charge is -2.35. The number of hydrogen-bond acceptors (Lipinski definition) is 6. The van der Waals surface area contributed by atoms with Crippen molar-refractivity contribution in [1.82, 2.24) is 9.80 Å². The van der Waals surface area contributed by atoms with E-state index in [9.17, 15) is 18.0 Å². The van der Waals surface area contributed by atoms with Crippen molar-refractivity contribution in [3.8, 4) is 5.75 Å². The van der Waals surface area contributed by atoms with Gasteiger partial charge in [-0.25, -0.2) is 0 Å². The predicted octanol–water partition coefficient (Wildman–Crippen LogP) is 4.11. The number of piperazine rings is 1. The van der Waals surface area contributed by atoms with Gasteiger partial charge in [0.05, 0.1) is 11.3 Å². The largest absolute Gasteiger partial charge is 0.468 e. The van der Waals surface area contributed by atoms with E-state index in [0.717, 1.165) is 80.7 Å². The van der Waals surface area contributed by atoms with Crippen LogP contribution in [0.1, 0.15) is 35.1 Å². The summed E-state index contributed by atoms with van der Waals surface area (Å²) in [6, 6.07) is 10.6. The first-order valence-corrected chi connectivity index (χ1v) is 11.4. The van der Waals surface area contributed by atoms with Crippen LogP contribution in [-0.2, 0) is 28.8 Å². The van der Waals surface area contributed by atoms with Crippen LogP contribution in [0.5, 0.6) is 5.75 Å². The number of hydrogen-bond donors (Lipinski definition) is 0. The number of fused-ring (bicyclic) bond motifs is 1. The van der Waals surface area contributed by atoms with Crippen LogP contribution >= 0.6 is 0 Å². The highest BCUT2D eigenvalue weighted by Gasteiger charge is 2.30. The molecule has 2 aliphatic rings. The Kier molecular flexibility index (Phi) is 7.53. The molecular weight excluding hydrogens is 447 g/mol. The van der Waals surface area contributed by atoms with Crippen molar-refractivity contribution in [3.05, 3.63) is 64.7 Å². The summed E-state index contributed by atoms with van der Waals surface area (Å²) >= 11 is 0. The second-order valence-electron chi connectivity index (χ2n) is 8.66. The molecule has 1 fully saturated rings. The normalized spacial score (nSPS) is 19.5. The molecule has 34 heavy (non-hydrogen) atoms. The van der Waals surface area contributed by atoms with Gasteiger partial charge >= 0.3 is 6.18 Å². The SMILES string of the molecule is CN1CCN(C(C=O)Oc2ccc3c(c2)CCCC3=NOCc2ccc(C(F)(F)F)cc2)CC1. The molecular formula is C25H28F3N3O3.